The lowest BCUT2D eigenvalue weighted by Gasteiger charge is -2.16. The molecule has 1 saturated heterocycles. The van der Waals surface area contributed by atoms with E-state index in [4.69, 9.17) is 0 Å². The third kappa shape index (κ3) is 4.62. The minimum absolute atomic E-state index is 0.0187. The molecule has 1 heterocycles. The fraction of sp³-hybridized carbons (Fsp3) is 0.412. The van der Waals surface area contributed by atoms with E-state index < -0.39 is 30.3 Å². The Labute approximate surface area is 144 Å². The molecule has 25 heavy (non-hydrogen) atoms. The van der Waals surface area contributed by atoms with Crippen LogP contribution in [-0.4, -0.2) is 53.2 Å². The van der Waals surface area contributed by atoms with Gasteiger partial charge in [0.15, 0.2) is 0 Å². The summed E-state index contributed by atoms with van der Waals surface area (Å²) < 4.78 is 12.8. The fourth-order valence-electron chi connectivity index (χ4n) is 2.41. The van der Waals surface area contributed by atoms with E-state index in [0.29, 0.717) is 11.3 Å². The third-order valence-corrected chi connectivity index (χ3v) is 3.63. The van der Waals surface area contributed by atoms with Crippen molar-refractivity contribution in [2.75, 3.05) is 19.6 Å². The first-order valence-electron chi connectivity index (χ1n) is 7.98. The molecule has 0 atom stereocenters. The second-order valence-corrected chi connectivity index (χ2v) is 6.21. The largest absolute Gasteiger partial charge is 0.354 e. The smallest absolute Gasteiger partial charge is 0.334 e. The summed E-state index contributed by atoms with van der Waals surface area (Å²) >= 11 is 0. The van der Waals surface area contributed by atoms with Gasteiger partial charge in [-0.1, -0.05) is 26.0 Å². The quantitative estimate of drug-likeness (QED) is 0.586. The lowest BCUT2D eigenvalue weighted by Crippen LogP contribution is -2.42. The molecule has 134 valence electrons. The van der Waals surface area contributed by atoms with Crippen LogP contribution in [0.25, 0.3) is 0 Å². The van der Waals surface area contributed by atoms with Crippen LogP contribution in [0.4, 0.5) is 9.18 Å². The predicted molar refractivity (Wildman–Crippen MR) is 86.8 cm³/mol. The Morgan fingerprint density at radius 2 is 1.68 bits per heavy atom. The van der Waals surface area contributed by atoms with E-state index in [1.807, 2.05) is 13.8 Å². The number of benzene rings is 1. The fourth-order valence-corrected chi connectivity index (χ4v) is 2.41. The Morgan fingerprint density at radius 3 is 2.28 bits per heavy atom. The minimum atomic E-state index is -0.987. The first-order chi connectivity index (χ1) is 11.8. The number of rotatable bonds is 7. The van der Waals surface area contributed by atoms with E-state index in [2.05, 4.69) is 5.32 Å². The zero-order valence-corrected chi connectivity index (χ0v) is 14.1. The van der Waals surface area contributed by atoms with Crippen LogP contribution in [0.1, 0.15) is 19.4 Å². The van der Waals surface area contributed by atoms with Gasteiger partial charge in [-0.2, -0.15) is 0 Å². The molecular weight excluding hydrogens is 329 g/mol. The Kier molecular flexibility index (Phi) is 5.84. The first kappa shape index (κ1) is 18.6. The molecule has 5 amide bonds. The number of hydrogen-bond donors (Lipinski definition) is 1. The lowest BCUT2D eigenvalue weighted by atomic mass is 10.1. The van der Waals surface area contributed by atoms with Crippen LogP contribution in [-0.2, 0) is 20.8 Å². The van der Waals surface area contributed by atoms with Crippen molar-refractivity contribution < 1.29 is 23.6 Å². The molecule has 1 aliphatic heterocycles. The van der Waals surface area contributed by atoms with Gasteiger partial charge in [-0.15, -0.1) is 0 Å². The number of nitrogens with one attached hydrogen (secondary N) is 1. The highest BCUT2D eigenvalue weighted by Crippen LogP contribution is 2.13. The molecule has 0 spiro atoms. The predicted octanol–water partition coefficient (Wildman–Crippen LogP) is 0.931. The Balaban J connectivity index is 1.85. The molecule has 0 aromatic heterocycles. The monoisotopic (exact) mass is 349 g/mol. The highest BCUT2D eigenvalue weighted by Gasteiger charge is 2.45. The van der Waals surface area contributed by atoms with E-state index >= 15 is 0 Å². The number of hydrogen-bond acceptors (Lipinski definition) is 4. The maximum atomic E-state index is 12.8. The molecule has 0 aliphatic carbocycles. The standard InChI is InChI=1S/C17H20FN3O4/c1-11(2)9-20-15(23)16(24)21(17(20)25)10-14(22)19-8-7-12-3-5-13(18)6-4-12/h3-6,11H,7-10H2,1-2H3,(H,19,22). The zero-order valence-electron chi connectivity index (χ0n) is 14.1. The van der Waals surface area contributed by atoms with Gasteiger partial charge in [0.1, 0.15) is 12.4 Å². The van der Waals surface area contributed by atoms with Crippen LogP contribution >= 0.6 is 0 Å². The highest BCUT2D eigenvalue weighted by atomic mass is 19.1. The number of carbonyl (C=O) groups excluding carboxylic acids is 4. The van der Waals surface area contributed by atoms with Gasteiger partial charge in [0.05, 0.1) is 0 Å². The summed E-state index contributed by atoms with van der Waals surface area (Å²) in [6.45, 7) is 3.53. The van der Waals surface area contributed by atoms with Crippen LogP contribution in [0.3, 0.4) is 0 Å². The van der Waals surface area contributed by atoms with Gasteiger partial charge in [0, 0.05) is 13.1 Å². The summed E-state index contributed by atoms with van der Waals surface area (Å²) in [6.07, 6.45) is 0.478. The molecule has 8 heteroatoms. The molecule has 0 unspecified atom stereocenters. The first-order valence-corrected chi connectivity index (χ1v) is 7.98. The second-order valence-electron chi connectivity index (χ2n) is 6.21. The normalized spacial score (nSPS) is 14.6. The van der Waals surface area contributed by atoms with Crippen molar-refractivity contribution in [3.05, 3.63) is 35.6 Å². The van der Waals surface area contributed by atoms with Gasteiger partial charge in [0.2, 0.25) is 5.91 Å². The molecule has 0 radical (unpaired) electrons. The van der Waals surface area contributed by atoms with Crippen molar-refractivity contribution in [2.45, 2.75) is 20.3 Å². The van der Waals surface area contributed by atoms with Crippen LogP contribution in [0.15, 0.2) is 24.3 Å². The van der Waals surface area contributed by atoms with Gasteiger partial charge < -0.3 is 5.32 Å². The lowest BCUT2D eigenvalue weighted by molar-refractivity contribution is -0.144. The summed E-state index contributed by atoms with van der Waals surface area (Å²) in [6, 6.07) is 5.10. The van der Waals surface area contributed by atoms with E-state index in [1.165, 1.54) is 12.1 Å². The van der Waals surface area contributed by atoms with Gasteiger partial charge in [-0.3, -0.25) is 19.3 Å². The Morgan fingerprint density at radius 1 is 1.08 bits per heavy atom. The number of urea groups is 1. The van der Waals surface area contributed by atoms with Crippen LogP contribution in [0.5, 0.6) is 0 Å². The Bertz CT molecular complexity index is 688. The third-order valence-electron chi connectivity index (χ3n) is 3.63. The number of nitrogens with zero attached hydrogens (tertiary/aromatic N) is 2. The van der Waals surface area contributed by atoms with E-state index in [0.717, 1.165) is 10.5 Å². The van der Waals surface area contributed by atoms with Gasteiger partial charge >= 0.3 is 17.8 Å². The SMILES string of the molecule is CC(C)CN1C(=O)C(=O)N(CC(=O)NCCc2ccc(F)cc2)C1=O. The van der Waals surface area contributed by atoms with E-state index in [-0.39, 0.29) is 24.8 Å². The van der Waals surface area contributed by atoms with Crippen molar-refractivity contribution in [1.82, 2.24) is 15.1 Å². The molecule has 1 aliphatic rings. The van der Waals surface area contributed by atoms with Crippen molar-refractivity contribution in [1.29, 1.82) is 0 Å². The topological polar surface area (TPSA) is 86.8 Å². The molecule has 1 N–H and O–H groups in total. The summed E-state index contributed by atoms with van der Waals surface area (Å²) in [7, 11) is 0. The average Bonchev–Trinajstić information content (AvgIpc) is 2.74. The maximum Gasteiger partial charge on any atom is 0.334 e. The summed E-state index contributed by atoms with van der Waals surface area (Å²) in [5.74, 6) is -2.75. The number of imide groups is 2. The Hall–Kier alpha value is -2.77. The van der Waals surface area contributed by atoms with E-state index in [1.54, 1.807) is 12.1 Å². The van der Waals surface area contributed by atoms with Gasteiger partial charge in [-0.05, 0) is 30.0 Å². The molecule has 0 bridgehead atoms. The number of halogens is 1. The van der Waals surface area contributed by atoms with Gasteiger partial charge in [0.25, 0.3) is 0 Å². The molecular formula is C17H20FN3O4. The van der Waals surface area contributed by atoms with Crippen LogP contribution in [0, 0.1) is 11.7 Å². The minimum Gasteiger partial charge on any atom is -0.354 e. The van der Waals surface area contributed by atoms with Crippen LogP contribution in [0.2, 0.25) is 0 Å². The average molecular weight is 349 g/mol. The highest BCUT2D eigenvalue weighted by molar-refractivity contribution is 6.45. The van der Waals surface area contributed by atoms with E-state index in [9.17, 15) is 23.6 Å². The second kappa shape index (κ2) is 7.87. The zero-order chi connectivity index (χ0) is 18.6. The number of amides is 5. The van der Waals surface area contributed by atoms with Crippen LogP contribution < -0.4 is 5.32 Å². The van der Waals surface area contributed by atoms with Crippen molar-refractivity contribution in [3.63, 3.8) is 0 Å². The molecule has 1 aromatic rings. The maximum absolute atomic E-state index is 12.8. The van der Waals surface area contributed by atoms with Crippen molar-refractivity contribution in [2.24, 2.45) is 5.92 Å². The summed E-state index contributed by atoms with van der Waals surface area (Å²) in [5.41, 5.74) is 0.841. The summed E-state index contributed by atoms with van der Waals surface area (Å²) in [4.78, 5) is 49.2. The number of carbonyl (C=O) groups is 4. The summed E-state index contributed by atoms with van der Waals surface area (Å²) in [5, 5.41) is 2.58. The van der Waals surface area contributed by atoms with Crippen molar-refractivity contribution in [3.8, 4) is 0 Å². The molecule has 2 rings (SSSR count). The van der Waals surface area contributed by atoms with Gasteiger partial charge in [-0.25, -0.2) is 14.1 Å². The van der Waals surface area contributed by atoms with Crippen molar-refractivity contribution >= 4 is 23.8 Å². The molecule has 1 aromatic carbocycles. The molecule has 1 fully saturated rings. The molecule has 7 nitrogen and oxygen atoms in total. The molecule has 0 saturated carbocycles.